The molecular formula is C13H17NO5. The summed E-state index contributed by atoms with van der Waals surface area (Å²) in [5.41, 5.74) is 0. The molecule has 104 valence electrons. The van der Waals surface area contributed by atoms with Crippen molar-refractivity contribution in [2.45, 2.75) is 38.5 Å². The molecule has 19 heavy (non-hydrogen) atoms. The normalized spacial score (nSPS) is 16.1. The van der Waals surface area contributed by atoms with Gasteiger partial charge in [-0.2, -0.15) is 0 Å². The maximum atomic E-state index is 11.6. The Morgan fingerprint density at radius 1 is 1.11 bits per heavy atom. The van der Waals surface area contributed by atoms with Gasteiger partial charge in [0.2, 0.25) is 11.8 Å². The van der Waals surface area contributed by atoms with Gasteiger partial charge in [0.1, 0.15) is 5.76 Å². The van der Waals surface area contributed by atoms with Gasteiger partial charge in [-0.3, -0.25) is 4.84 Å². The second-order valence-corrected chi connectivity index (χ2v) is 4.41. The van der Waals surface area contributed by atoms with Crippen molar-refractivity contribution in [2.24, 2.45) is 0 Å². The largest absolute Gasteiger partial charge is 0.539 e. The Morgan fingerprint density at radius 3 is 2.53 bits per heavy atom. The standard InChI is InChI=1S/C13H17NO5/c15-11-8-9-12(16)14(11)19-13(17)18-10-6-4-2-1-3-5-7-10/h6,8-9,15-16H,1-5,7H2. The van der Waals surface area contributed by atoms with Crippen LogP contribution in [0.15, 0.2) is 24.0 Å². The number of ether oxygens (including phenoxy) is 1. The lowest BCUT2D eigenvalue weighted by Crippen LogP contribution is -2.20. The summed E-state index contributed by atoms with van der Waals surface area (Å²) in [6.45, 7) is 0. The lowest BCUT2D eigenvalue weighted by molar-refractivity contribution is 0.0511. The maximum absolute atomic E-state index is 11.6. The Hall–Kier alpha value is -2.11. The van der Waals surface area contributed by atoms with Crippen molar-refractivity contribution in [2.75, 3.05) is 0 Å². The number of hydrogen-bond donors (Lipinski definition) is 2. The molecule has 0 fully saturated rings. The molecule has 1 aromatic rings. The highest BCUT2D eigenvalue weighted by Gasteiger charge is 2.15. The molecule has 0 saturated carbocycles. The van der Waals surface area contributed by atoms with Gasteiger partial charge < -0.3 is 14.9 Å². The van der Waals surface area contributed by atoms with E-state index in [1.165, 1.54) is 18.6 Å². The fourth-order valence-corrected chi connectivity index (χ4v) is 1.95. The van der Waals surface area contributed by atoms with E-state index < -0.39 is 6.16 Å². The zero-order valence-corrected chi connectivity index (χ0v) is 10.5. The van der Waals surface area contributed by atoms with Crippen LogP contribution in [0, 0.1) is 0 Å². The predicted molar refractivity (Wildman–Crippen MR) is 66.6 cm³/mol. The van der Waals surface area contributed by atoms with Crippen LogP contribution in [-0.4, -0.2) is 21.1 Å². The summed E-state index contributed by atoms with van der Waals surface area (Å²) in [6.07, 6.45) is 6.85. The molecule has 0 bridgehead atoms. The molecule has 0 aromatic carbocycles. The van der Waals surface area contributed by atoms with Gasteiger partial charge in [-0.15, -0.1) is 4.73 Å². The fourth-order valence-electron chi connectivity index (χ4n) is 1.95. The van der Waals surface area contributed by atoms with Crippen LogP contribution in [-0.2, 0) is 4.74 Å². The summed E-state index contributed by atoms with van der Waals surface area (Å²) >= 11 is 0. The first-order valence-corrected chi connectivity index (χ1v) is 6.35. The van der Waals surface area contributed by atoms with Gasteiger partial charge in [0.25, 0.3) is 0 Å². The molecule has 0 atom stereocenters. The quantitative estimate of drug-likeness (QED) is 0.805. The van der Waals surface area contributed by atoms with Crippen LogP contribution >= 0.6 is 0 Å². The molecule has 1 aliphatic carbocycles. The first-order valence-electron chi connectivity index (χ1n) is 6.35. The van der Waals surface area contributed by atoms with E-state index >= 15 is 0 Å². The smallest absolute Gasteiger partial charge is 0.492 e. The minimum Gasteiger partial charge on any atom is -0.492 e. The average molecular weight is 267 g/mol. The van der Waals surface area contributed by atoms with Crippen molar-refractivity contribution in [3.8, 4) is 11.8 Å². The monoisotopic (exact) mass is 267 g/mol. The van der Waals surface area contributed by atoms with Crippen LogP contribution < -0.4 is 4.84 Å². The Morgan fingerprint density at radius 2 is 1.79 bits per heavy atom. The molecule has 0 saturated heterocycles. The van der Waals surface area contributed by atoms with Crippen molar-refractivity contribution in [1.29, 1.82) is 0 Å². The van der Waals surface area contributed by atoms with E-state index in [-0.39, 0.29) is 11.8 Å². The Kier molecular flexibility index (Phi) is 4.33. The molecule has 2 N–H and O–H groups in total. The molecule has 2 rings (SSSR count). The van der Waals surface area contributed by atoms with Crippen LogP contribution in [0.1, 0.15) is 38.5 Å². The van der Waals surface area contributed by atoms with E-state index in [0.717, 1.165) is 25.7 Å². The van der Waals surface area contributed by atoms with E-state index in [1.807, 2.05) is 6.08 Å². The van der Waals surface area contributed by atoms with Gasteiger partial charge >= 0.3 is 6.16 Å². The molecule has 1 heterocycles. The van der Waals surface area contributed by atoms with Crippen molar-refractivity contribution < 1.29 is 24.6 Å². The SMILES string of the molecule is O=C(OC1=CCCCCCC1)On1c(O)ccc1O. The number of carbonyl (C=O) groups excluding carboxylic acids is 1. The average Bonchev–Trinajstić information content (AvgIpc) is 2.64. The Labute approximate surface area is 110 Å². The first-order chi connectivity index (χ1) is 9.16. The van der Waals surface area contributed by atoms with Crippen LogP contribution in [0.2, 0.25) is 0 Å². The molecular weight excluding hydrogens is 250 g/mol. The fraction of sp³-hybridized carbons (Fsp3) is 0.462. The van der Waals surface area contributed by atoms with Gasteiger partial charge in [0.15, 0.2) is 0 Å². The second-order valence-electron chi connectivity index (χ2n) is 4.41. The first kappa shape index (κ1) is 13.3. The predicted octanol–water partition coefficient (Wildman–Crippen LogP) is 2.70. The summed E-state index contributed by atoms with van der Waals surface area (Å²) in [6, 6.07) is 2.41. The Bertz CT molecular complexity index is 458. The van der Waals surface area contributed by atoms with E-state index in [1.54, 1.807) is 0 Å². The second kappa shape index (κ2) is 6.17. The highest BCUT2D eigenvalue weighted by atomic mass is 16.8. The lowest BCUT2D eigenvalue weighted by Gasteiger charge is -2.12. The topological polar surface area (TPSA) is 80.9 Å². The molecule has 6 nitrogen and oxygen atoms in total. The molecule has 0 radical (unpaired) electrons. The molecule has 0 amide bonds. The highest BCUT2D eigenvalue weighted by Crippen LogP contribution is 2.21. The summed E-state index contributed by atoms with van der Waals surface area (Å²) in [4.78, 5) is 16.3. The van der Waals surface area contributed by atoms with Gasteiger partial charge in [-0.05, 0) is 25.3 Å². The molecule has 6 heteroatoms. The maximum Gasteiger partial charge on any atom is 0.539 e. The van der Waals surface area contributed by atoms with E-state index in [9.17, 15) is 15.0 Å². The number of aromatic nitrogens is 1. The lowest BCUT2D eigenvalue weighted by atomic mass is 10.1. The van der Waals surface area contributed by atoms with Crippen molar-refractivity contribution in [3.63, 3.8) is 0 Å². The number of carbonyl (C=O) groups is 1. The van der Waals surface area contributed by atoms with Crippen molar-refractivity contribution in [3.05, 3.63) is 24.0 Å². The van der Waals surface area contributed by atoms with Gasteiger partial charge in [-0.1, -0.05) is 12.8 Å². The van der Waals surface area contributed by atoms with E-state index in [4.69, 9.17) is 9.57 Å². The number of aromatic hydroxyl groups is 2. The van der Waals surface area contributed by atoms with E-state index in [0.29, 0.717) is 16.9 Å². The van der Waals surface area contributed by atoms with Crippen LogP contribution in [0.4, 0.5) is 4.79 Å². The molecule has 0 aliphatic heterocycles. The zero-order chi connectivity index (χ0) is 13.7. The van der Waals surface area contributed by atoms with Crippen LogP contribution in [0.5, 0.6) is 11.8 Å². The molecule has 1 aromatic heterocycles. The number of nitrogens with zero attached hydrogens (tertiary/aromatic N) is 1. The van der Waals surface area contributed by atoms with Gasteiger partial charge in [0, 0.05) is 18.6 Å². The van der Waals surface area contributed by atoms with E-state index in [2.05, 4.69) is 0 Å². The van der Waals surface area contributed by atoms with Gasteiger partial charge in [0.05, 0.1) is 0 Å². The third-order valence-electron chi connectivity index (χ3n) is 2.93. The third-order valence-corrected chi connectivity index (χ3v) is 2.93. The highest BCUT2D eigenvalue weighted by molar-refractivity contribution is 5.62. The third kappa shape index (κ3) is 3.67. The molecule has 1 aliphatic rings. The number of hydrogen-bond acceptors (Lipinski definition) is 5. The van der Waals surface area contributed by atoms with Crippen molar-refractivity contribution >= 4 is 6.16 Å². The zero-order valence-electron chi connectivity index (χ0n) is 10.5. The summed E-state index contributed by atoms with van der Waals surface area (Å²) in [7, 11) is 0. The number of rotatable bonds is 2. The van der Waals surface area contributed by atoms with Crippen molar-refractivity contribution in [1.82, 2.24) is 4.73 Å². The summed E-state index contributed by atoms with van der Waals surface area (Å²) in [5.74, 6) is -0.168. The minimum atomic E-state index is -0.978. The van der Waals surface area contributed by atoms with Gasteiger partial charge in [-0.25, -0.2) is 4.79 Å². The van der Waals surface area contributed by atoms with Crippen LogP contribution in [0.3, 0.4) is 0 Å². The Balaban J connectivity index is 1.93. The number of allylic oxidation sites excluding steroid dienone is 2. The van der Waals surface area contributed by atoms with Crippen LogP contribution in [0.25, 0.3) is 0 Å². The minimum absolute atomic E-state index is 0.374. The summed E-state index contributed by atoms with van der Waals surface area (Å²) in [5, 5.41) is 18.6. The summed E-state index contributed by atoms with van der Waals surface area (Å²) < 4.78 is 5.67. The molecule has 0 spiro atoms. The molecule has 0 unspecified atom stereocenters.